The molecule has 0 bridgehead atoms. The molecule has 0 aliphatic heterocycles. The first kappa shape index (κ1) is 11.0. The van der Waals surface area contributed by atoms with Crippen molar-refractivity contribution in [3.63, 3.8) is 0 Å². The lowest BCUT2D eigenvalue weighted by Crippen LogP contribution is -2.21. The monoisotopic (exact) mass is 157 g/mol. The van der Waals surface area contributed by atoms with Crippen molar-refractivity contribution in [2.24, 2.45) is 11.3 Å². The first-order chi connectivity index (χ1) is 5.04. The molecule has 0 N–H and O–H groups in total. The molecular formula is C10H23N. The van der Waals surface area contributed by atoms with E-state index in [0.29, 0.717) is 5.41 Å². The maximum atomic E-state index is 2.37. The number of hydrogen-bond acceptors (Lipinski definition) is 1. The minimum Gasteiger partial charge on any atom is -0.309 e. The summed E-state index contributed by atoms with van der Waals surface area (Å²) >= 11 is 0. The summed E-state index contributed by atoms with van der Waals surface area (Å²) in [5, 5.41) is 0. The Hall–Kier alpha value is -0.0400. The predicted octanol–water partition coefficient (Wildman–Crippen LogP) is 2.62. The molecule has 0 aromatic carbocycles. The number of nitrogens with zero attached hydrogens (tertiary/aromatic N) is 1. The Morgan fingerprint density at radius 3 is 1.82 bits per heavy atom. The van der Waals surface area contributed by atoms with Crippen LogP contribution < -0.4 is 0 Å². The Morgan fingerprint density at radius 2 is 1.73 bits per heavy atom. The Morgan fingerprint density at radius 1 is 1.36 bits per heavy atom. The fraction of sp³-hybridized carbons (Fsp3) is 1.00. The van der Waals surface area contributed by atoms with Gasteiger partial charge in [0.05, 0.1) is 0 Å². The Balaban J connectivity index is 0.000000461. The zero-order valence-electron chi connectivity index (χ0n) is 8.94. The maximum absolute atomic E-state index is 2.37. The highest BCUT2D eigenvalue weighted by molar-refractivity contribution is 4.97. The lowest BCUT2D eigenvalue weighted by Gasteiger charge is -2.15. The largest absolute Gasteiger partial charge is 0.309 e. The van der Waals surface area contributed by atoms with Crippen LogP contribution in [0.4, 0.5) is 0 Å². The van der Waals surface area contributed by atoms with Crippen molar-refractivity contribution in [3.05, 3.63) is 0 Å². The van der Waals surface area contributed by atoms with Crippen LogP contribution in [0.15, 0.2) is 0 Å². The van der Waals surface area contributed by atoms with Gasteiger partial charge < -0.3 is 4.90 Å². The van der Waals surface area contributed by atoms with Crippen LogP contribution in [0.2, 0.25) is 0 Å². The van der Waals surface area contributed by atoms with E-state index >= 15 is 0 Å². The molecule has 1 fully saturated rings. The molecule has 0 saturated heterocycles. The second-order valence-electron chi connectivity index (χ2n) is 4.00. The lowest BCUT2D eigenvalue weighted by atomic mass is 10.1. The molecule has 0 spiro atoms. The fourth-order valence-electron chi connectivity index (χ4n) is 1.58. The third kappa shape index (κ3) is 3.24. The summed E-state index contributed by atoms with van der Waals surface area (Å²) in [7, 11) is 4.30. The van der Waals surface area contributed by atoms with Gasteiger partial charge in [-0.3, -0.25) is 0 Å². The van der Waals surface area contributed by atoms with Crippen LogP contribution in [0.5, 0.6) is 0 Å². The van der Waals surface area contributed by atoms with Gasteiger partial charge in [-0.1, -0.05) is 27.7 Å². The second-order valence-corrected chi connectivity index (χ2v) is 4.00. The van der Waals surface area contributed by atoms with E-state index in [1.807, 2.05) is 13.8 Å². The zero-order chi connectivity index (χ0) is 9.07. The minimum absolute atomic E-state index is 0.656. The van der Waals surface area contributed by atoms with E-state index < -0.39 is 0 Å². The highest BCUT2D eigenvalue weighted by Gasteiger charge is 2.46. The molecule has 1 saturated carbocycles. The fourth-order valence-corrected chi connectivity index (χ4v) is 1.58. The lowest BCUT2D eigenvalue weighted by molar-refractivity contribution is 0.311. The summed E-state index contributed by atoms with van der Waals surface area (Å²) in [6.07, 6.45) is 1.42. The molecule has 1 aliphatic carbocycles. The standard InChI is InChI=1S/C8H17N.C2H6/c1-7-5-8(7,2)6-9(3)4;1-2/h7H,5-6H2,1-4H3;1-2H3. The molecule has 11 heavy (non-hydrogen) atoms. The van der Waals surface area contributed by atoms with Gasteiger partial charge in [-0.05, 0) is 31.8 Å². The zero-order valence-corrected chi connectivity index (χ0v) is 8.94. The summed E-state index contributed by atoms with van der Waals surface area (Å²) in [5.41, 5.74) is 0.656. The van der Waals surface area contributed by atoms with E-state index in [4.69, 9.17) is 0 Å². The molecule has 0 amide bonds. The topological polar surface area (TPSA) is 3.24 Å². The average Bonchev–Trinajstić information content (AvgIpc) is 2.43. The average molecular weight is 157 g/mol. The smallest absolute Gasteiger partial charge is 0.00319 e. The van der Waals surface area contributed by atoms with Gasteiger partial charge in [-0.25, -0.2) is 0 Å². The van der Waals surface area contributed by atoms with E-state index in [-0.39, 0.29) is 0 Å². The van der Waals surface area contributed by atoms with E-state index in [1.54, 1.807) is 0 Å². The second kappa shape index (κ2) is 4.10. The van der Waals surface area contributed by atoms with Crippen LogP contribution in [0.3, 0.4) is 0 Å². The van der Waals surface area contributed by atoms with Crippen LogP contribution in [0, 0.1) is 11.3 Å². The molecule has 1 aliphatic rings. The number of rotatable bonds is 2. The number of hydrogen-bond donors (Lipinski definition) is 0. The van der Waals surface area contributed by atoms with Crippen molar-refractivity contribution in [1.82, 2.24) is 4.90 Å². The SMILES string of the molecule is CC.CC1CC1(C)CN(C)C. The highest BCUT2D eigenvalue weighted by atomic mass is 15.1. The van der Waals surface area contributed by atoms with E-state index in [1.165, 1.54) is 13.0 Å². The van der Waals surface area contributed by atoms with Crippen molar-refractivity contribution in [1.29, 1.82) is 0 Å². The molecule has 1 heteroatoms. The summed E-state index contributed by atoms with van der Waals surface area (Å²) in [5.74, 6) is 0.958. The third-order valence-electron chi connectivity index (χ3n) is 2.48. The van der Waals surface area contributed by atoms with Gasteiger partial charge >= 0.3 is 0 Å². The van der Waals surface area contributed by atoms with Crippen LogP contribution >= 0.6 is 0 Å². The quantitative estimate of drug-likeness (QED) is 0.595. The van der Waals surface area contributed by atoms with E-state index in [0.717, 1.165) is 5.92 Å². The molecule has 0 aromatic rings. The third-order valence-corrected chi connectivity index (χ3v) is 2.48. The maximum Gasteiger partial charge on any atom is 0.00319 e. The molecule has 0 aromatic heterocycles. The minimum atomic E-state index is 0.656. The molecule has 2 unspecified atom stereocenters. The summed E-state index contributed by atoms with van der Waals surface area (Å²) in [4.78, 5) is 2.28. The highest BCUT2D eigenvalue weighted by Crippen LogP contribution is 2.51. The molecule has 0 heterocycles. The van der Waals surface area contributed by atoms with Gasteiger partial charge in [0, 0.05) is 6.54 Å². The van der Waals surface area contributed by atoms with Gasteiger partial charge in [0.15, 0.2) is 0 Å². The van der Waals surface area contributed by atoms with Crippen LogP contribution in [0.1, 0.15) is 34.1 Å². The molecule has 1 rings (SSSR count). The molecule has 2 atom stereocenters. The molecule has 1 nitrogen and oxygen atoms in total. The van der Waals surface area contributed by atoms with Crippen LogP contribution in [0.25, 0.3) is 0 Å². The van der Waals surface area contributed by atoms with Crippen molar-refractivity contribution in [2.75, 3.05) is 20.6 Å². The Kier molecular flexibility index (Phi) is 4.09. The Labute approximate surface area is 71.8 Å². The van der Waals surface area contributed by atoms with Crippen LogP contribution in [-0.4, -0.2) is 25.5 Å². The van der Waals surface area contributed by atoms with Crippen molar-refractivity contribution in [2.45, 2.75) is 34.1 Å². The van der Waals surface area contributed by atoms with Gasteiger partial charge in [0.2, 0.25) is 0 Å². The Bertz CT molecular complexity index is 109. The molecule has 0 radical (unpaired) electrons. The predicted molar refractivity (Wildman–Crippen MR) is 51.8 cm³/mol. The van der Waals surface area contributed by atoms with Crippen molar-refractivity contribution < 1.29 is 0 Å². The van der Waals surface area contributed by atoms with Gasteiger partial charge in [-0.2, -0.15) is 0 Å². The summed E-state index contributed by atoms with van der Waals surface area (Å²) in [6, 6.07) is 0. The van der Waals surface area contributed by atoms with Crippen LogP contribution in [-0.2, 0) is 0 Å². The van der Waals surface area contributed by atoms with Crippen molar-refractivity contribution >= 4 is 0 Å². The molecule has 68 valence electrons. The normalized spacial score (nSPS) is 34.6. The summed E-state index contributed by atoms with van der Waals surface area (Å²) < 4.78 is 0. The molecular weight excluding hydrogens is 134 g/mol. The van der Waals surface area contributed by atoms with E-state index in [2.05, 4.69) is 32.8 Å². The van der Waals surface area contributed by atoms with Gasteiger partial charge in [0.1, 0.15) is 0 Å². The first-order valence-electron chi connectivity index (χ1n) is 4.69. The summed E-state index contributed by atoms with van der Waals surface area (Å²) in [6.45, 7) is 9.97. The first-order valence-corrected chi connectivity index (χ1v) is 4.69. The van der Waals surface area contributed by atoms with Crippen molar-refractivity contribution in [3.8, 4) is 0 Å². The van der Waals surface area contributed by atoms with E-state index in [9.17, 15) is 0 Å². The van der Waals surface area contributed by atoms with Gasteiger partial charge in [-0.15, -0.1) is 0 Å². The van der Waals surface area contributed by atoms with Gasteiger partial charge in [0.25, 0.3) is 0 Å².